The summed E-state index contributed by atoms with van der Waals surface area (Å²) in [6.07, 6.45) is -4.65. The summed E-state index contributed by atoms with van der Waals surface area (Å²) >= 11 is 5.78. The molecule has 0 aliphatic carbocycles. The average Bonchev–Trinajstić information content (AvgIpc) is 2.60. The van der Waals surface area contributed by atoms with Gasteiger partial charge in [-0.25, -0.2) is 4.98 Å². The number of carbonyl (C=O) groups is 1. The zero-order valence-electron chi connectivity index (χ0n) is 13.1. The zero-order chi connectivity index (χ0) is 18.9. The van der Waals surface area contributed by atoms with Crippen molar-refractivity contribution in [3.8, 4) is 5.75 Å². The minimum Gasteiger partial charge on any atom is -0.505 e. The third kappa shape index (κ3) is 3.72. The molecule has 0 aliphatic rings. The molecule has 0 aliphatic heterocycles. The van der Waals surface area contributed by atoms with Gasteiger partial charge in [0.15, 0.2) is 5.75 Å². The van der Waals surface area contributed by atoms with Gasteiger partial charge in [0.1, 0.15) is 11.2 Å². The molecular weight excluding hydrogens is 369 g/mol. The molecule has 2 aromatic carbocycles. The lowest BCUT2D eigenvalue weighted by atomic mass is 10.1. The number of benzene rings is 2. The van der Waals surface area contributed by atoms with Crippen LogP contribution < -0.4 is 5.32 Å². The third-order valence-corrected chi connectivity index (χ3v) is 3.99. The van der Waals surface area contributed by atoms with Gasteiger partial charge in [-0.1, -0.05) is 35.9 Å². The maximum atomic E-state index is 12.8. The van der Waals surface area contributed by atoms with Crippen LogP contribution in [0.2, 0.25) is 5.02 Å². The van der Waals surface area contributed by atoms with Crippen LogP contribution in [0, 0.1) is 0 Å². The Bertz CT molecular complexity index is 973. The molecule has 1 aromatic heterocycles. The molecular formula is C18H12ClF3N2O2. The number of carbonyl (C=O) groups excluding carboxylic acids is 1. The molecule has 0 saturated heterocycles. The second-order valence-corrected chi connectivity index (χ2v) is 5.97. The molecule has 3 aromatic rings. The lowest BCUT2D eigenvalue weighted by Gasteiger charge is -2.11. The summed E-state index contributed by atoms with van der Waals surface area (Å²) in [7, 11) is 0. The van der Waals surface area contributed by atoms with Crippen LogP contribution in [0.4, 0.5) is 13.2 Å². The smallest absolute Gasteiger partial charge is 0.433 e. The quantitative estimate of drug-likeness (QED) is 0.701. The number of alkyl halides is 3. The number of nitrogens with one attached hydrogen (secondary N) is 1. The molecule has 1 amide bonds. The minimum absolute atomic E-state index is 0.154. The number of hydrogen-bond donors (Lipinski definition) is 2. The van der Waals surface area contributed by atoms with E-state index in [-0.39, 0.29) is 17.6 Å². The SMILES string of the molecule is O=C(NCc1ccc(Cl)cc1)c1ccc2ccc(C(F)(F)F)nc2c1O. The van der Waals surface area contributed by atoms with E-state index in [9.17, 15) is 23.1 Å². The lowest BCUT2D eigenvalue weighted by Crippen LogP contribution is -2.23. The van der Waals surface area contributed by atoms with E-state index in [1.807, 2.05) is 0 Å². The molecule has 0 radical (unpaired) electrons. The molecule has 8 heteroatoms. The number of nitrogens with zero attached hydrogens (tertiary/aromatic N) is 1. The summed E-state index contributed by atoms with van der Waals surface area (Å²) in [5, 5.41) is 13.7. The molecule has 0 bridgehead atoms. The fraction of sp³-hybridized carbons (Fsp3) is 0.111. The standard InChI is InChI=1S/C18H12ClF3N2O2/c19-12-5-1-10(2-6-12)9-23-17(26)13-7-3-11-4-8-14(18(20,21)22)24-15(11)16(13)25/h1-8,25H,9H2,(H,23,26). The Kier molecular flexibility index (Phi) is 4.73. The molecule has 0 unspecified atom stereocenters. The molecule has 3 rings (SSSR count). The van der Waals surface area contributed by atoms with Gasteiger partial charge in [0.25, 0.3) is 5.91 Å². The maximum absolute atomic E-state index is 12.8. The summed E-state index contributed by atoms with van der Waals surface area (Å²) in [5.74, 6) is -1.22. The highest BCUT2D eigenvalue weighted by molar-refractivity contribution is 6.30. The van der Waals surface area contributed by atoms with Crippen molar-refractivity contribution < 1.29 is 23.1 Å². The second kappa shape index (κ2) is 6.84. The van der Waals surface area contributed by atoms with E-state index in [1.165, 1.54) is 18.2 Å². The van der Waals surface area contributed by atoms with Crippen molar-refractivity contribution in [2.75, 3.05) is 0 Å². The van der Waals surface area contributed by atoms with Crippen molar-refractivity contribution in [1.29, 1.82) is 0 Å². The number of halogens is 4. The highest BCUT2D eigenvalue weighted by atomic mass is 35.5. The number of pyridine rings is 1. The Morgan fingerprint density at radius 1 is 1.08 bits per heavy atom. The highest BCUT2D eigenvalue weighted by Gasteiger charge is 2.33. The first-order chi connectivity index (χ1) is 12.3. The Morgan fingerprint density at radius 3 is 2.38 bits per heavy atom. The number of phenols is 1. The van der Waals surface area contributed by atoms with Gasteiger partial charge < -0.3 is 10.4 Å². The van der Waals surface area contributed by atoms with Gasteiger partial charge in [-0.15, -0.1) is 0 Å². The van der Waals surface area contributed by atoms with Crippen molar-refractivity contribution in [1.82, 2.24) is 10.3 Å². The zero-order valence-corrected chi connectivity index (χ0v) is 13.9. The van der Waals surface area contributed by atoms with Crippen molar-refractivity contribution >= 4 is 28.4 Å². The predicted octanol–water partition coefficient (Wildman–Crippen LogP) is 4.54. The van der Waals surface area contributed by atoms with Crippen LogP contribution in [0.5, 0.6) is 5.75 Å². The number of amides is 1. The van der Waals surface area contributed by atoms with Crippen molar-refractivity contribution in [2.45, 2.75) is 12.7 Å². The van der Waals surface area contributed by atoms with Gasteiger partial charge in [0.05, 0.1) is 5.56 Å². The first-order valence-corrected chi connectivity index (χ1v) is 7.86. The van der Waals surface area contributed by atoms with Gasteiger partial charge in [-0.3, -0.25) is 4.79 Å². The van der Waals surface area contributed by atoms with Gasteiger partial charge in [-0.2, -0.15) is 13.2 Å². The van der Waals surface area contributed by atoms with E-state index in [4.69, 9.17) is 11.6 Å². The Labute approximate surface area is 151 Å². The summed E-state index contributed by atoms with van der Waals surface area (Å²) in [4.78, 5) is 15.7. The van der Waals surface area contributed by atoms with Crippen molar-refractivity contribution in [2.24, 2.45) is 0 Å². The molecule has 1 heterocycles. The van der Waals surface area contributed by atoms with Crippen molar-refractivity contribution in [3.05, 3.63) is 70.4 Å². The Hall–Kier alpha value is -2.80. The second-order valence-electron chi connectivity index (χ2n) is 5.54. The average molecular weight is 381 g/mol. The monoisotopic (exact) mass is 380 g/mol. The number of rotatable bonds is 3. The summed E-state index contributed by atoms with van der Waals surface area (Å²) in [6, 6.07) is 11.6. The van der Waals surface area contributed by atoms with Crippen molar-refractivity contribution in [3.63, 3.8) is 0 Å². The van der Waals surface area contributed by atoms with Gasteiger partial charge in [0, 0.05) is 17.0 Å². The third-order valence-electron chi connectivity index (χ3n) is 3.74. The van der Waals surface area contributed by atoms with Crippen LogP contribution in [0.25, 0.3) is 10.9 Å². The fourth-order valence-electron chi connectivity index (χ4n) is 2.39. The Morgan fingerprint density at radius 2 is 1.73 bits per heavy atom. The minimum atomic E-state index is -4.65. The predicted molar refractivity (Wildman–Crippen MR) is 91.0 cm³/mol. The van der Waals surface area contributed by atoms with Gasteiger partial charge >= 0.3 is 6.18 Å². The molecule has 2 N–H and O–H groups in total. The van der Waals surface area contributed by atoms with E-state index < -0.39 is 23.5 Å². The van der Waals surface area contributed by atoms with E-state index in [2.05, 4.69) is 10.3 Å². The Balaban J connectivity index is 1.88. The van der Waals surface area contributed by atoms with Crippen LogP contribution in [-0.4, -0.2) is 16.0 Å². The first kappa shape index (κ1) is 18.0. The number of aromatic hydroxyl groups is 1. The molecule has 26 heavy (non-hydrogen) atoms. The first-order valence-electron chi connectivity index (χ1n) is 7.48. The van der Waals surface area contributed by atoms with E-state index >= 15 is 0 Å². The van der Waals surface area contributed by atoms with Crippen LogP contribution in [0.15, 0.2) is 48.5 Å². The summed E-state index contributed by atoms with van der Waals surface area (Å²) in [6.45, 7) is 0.170. The number of fused-ring (bicyclic) bond motifs is 1. The number of hydrogen-bond acceptors (Lipinski definition) is 3. The largest absolute Gasteiger partial charge is 0.505 e. The molecule has 0 atom stereocenters. The van der Waals surface area contributed by atoms with Gasteiger partial charge in [0.2, 0.25) is 0 Å². The highest BCUT2D eigenvalue weighted by Crippen LogP contribution is 2.33. The molecule has 134 valence electrons. The molecule has 0 spiro atoms. The van der Waals surface area contributed by atoms with Crippen LogP contribution in [-0.2, 0) is 12.7 Å². The van der Waals surface area contributed by atoms with Crippen LogP contribution in [0.3, 0.4) is 0 Å². The van der Waals surface area contributed by atoms with Gasteiger partial charge in [-0.05, 0) is 29.8 Å². The lowest BCUT2D eigenvalue weighted by molar-refractivity contribution is -0.140. The molecule has 4 nitrogen and oxygen atoms in total. The van der Waals surface area contributed by atoms with E-state index in [0.29, 0.717) is 10.4 Å². The summed E-state index contributed by atoms with van der Waals surface area (Å²) < 4.78 is 38.4. The molecule has 0 saturated carbocycles. The normalized spacial score (nSPS) is 11.5. The van der Waals surface area contributed by atoms with Crippen LogP contribution in [0.1, 0.15) is 21.6 Å². The van der Waals surface area contributed by atoms with Crippen LogP contribution >= 0.6 is 11.6 Å². The maximum Gasteiger partial charge on any atom is 0.433 e. The van der Waals surface area contributed by atoms with E-state index in [0.717, 1.165) is 11.6 Å². The van der Waals surface area contributed by atoms with E-state index in [1.54, 1.807) is 24.3 Å². The topological polar surface area (TPSA) is 62.2 Å². The number of phenolic OH excluding ortho intramolecular Hbond substituents is 1. The molecule has 0 fully saturated rings. The number of aromatic nitrogens is 1. The fourth-order valence-corrected chi connectivity index (χ4v) is 2.52. The summed E-state index contributed by atoms with van der Waals surface area (Å²) in [5.41, 5.74) is -0.795.